The van der Waals surface area contributed by atoms with Crippen molar-refractivity contribution < 1.29 is 80.2 Å². The van der Waals surface area contributed by atoms with Crippen molar-refractivity contribution in [2.45, 2.75) is 367 Å². The fourth-order valence-electron chi connectivity index (χ4n) is 11.2. The number of ether oxygens (including phenoxy) is 4. The highest BCUT2D eigenvalue weighted by Gasteiger charge is 2.30. The van der Waals surface area contributed by atoms with E-state index in [1.54, 1.807) is 0 Å². The number of phosphoric ester groups is 2. The Bertz CT molecular complexity index is 2480. The maximum absolute atomic E-state index is 13.1. The molecule has 106 heavy (non-hydrogen) atoms. The molecule has 0 spiro atoms. The van der Waals surface area contributed by atoms with Crippen LogP contribution in [0.3, 0.4) is 0 Å². The third kappa shape index (κ3) is 77.6. The van der Waals surface area contributed by atoms with Gasteiger partial charge in [-0.1, -0.05) is 329 Å². The fraction of sp³-hybridized carbons (Fsp3) is 0.724. The van der Waals surface area contributed by atoms with E-state index in [1.165, 1.54) is 122 Å². The van der Waals surface area contributed by atoms with Crippen LogP contribution in [-0.4, -0.2) is 96.7 Å². The molecule has 0 aromatic carbocycles. The van der Waals surface area contributed by atoms with Crippen molar-refractivity contribution in [3.8, 4) is 0 Å². The van der Waals surface area contributed by atoms with Crippen LogP contribution in [0.2, 0.25) is 0 Å². The lowest BCUT2D eigenvalue weighted by Crippen LogP contribution is -2.30. The second kappa shape index (κ2) is 78.6. The second-order valence-electron chi connectivity index (χ2n) is 27.7. The van der Waals surface area contributed by atoms with Crippen molar-refractivity contribution >= 4 is 39.5 Å². The van der Waals surface area contributed by atoms with E-state index in [-0.39, 0.29) is 25.7 Å². The molecule has 5 atom stereocenters. The average molecular weight is 1530 g/mol. The number of hydrogen-bond donors (Lipinski definition) is 3. The van der Waals surface area contributed by atoms with E-state index in [9.17, 15) is 43.2 Å². The van der Waals surface area contributed by atoms with Gasteiger partial charge in [0, 0.05) is 25.7 Å². The zero-order valence-corrected chi connectivity index (χ0v) is 68.6. The van der Waals surface area contributed by atoms with Crippen molar-refractivity contribution in [1.29, 1.82) is 0 Å². The number of unbranched alkanes of at least 4 members (excludes halogenated alkanes) is 32. The van der Waals surface area contributed by atoms with Gasteiger partial charge in [0.2, 0.25) is 0 Å². The molecule has 0 radical (unpaired) electrons. The number of aliphatic hydroxyl groups excluding tert-OH is 1. The summed E-state index contributed by atoms with van der Waals surface area (Å²) in [6.07, 6.45) is 87.4. The van der Waals surface area contributed by atoms with Gasteiger partial charge < -0.3 is 33.8 Å². The van der Waals surface area contributed by atoms with Crippen LogP contribution in [0.15, 0.2) is 122 Å². The molecule has 0 aliphatic rings. The number of carbonyl (C=O) groups is 4. The van der Waals surface area contributed by atoms with Crippen LogP contribution >= 0.6 is 15.6 Å². The second-order valence-corrected chi connectivity index (χ2v) is 30.6. The SMILES string of the molecule is CC/C=C\C/C=C\C/C=C\C/C=C\C/C=C\CCCCCC(=O)OCC(COP(=O)(O)OCC(O)COP(=O)(O)OCC(COC(=O)CCCCCCCCCCCCCCCCC)OC(=O)CCCCCCCCCCCCCCC)OC(=O)CCCCC/C=C\C/C=C\C/C=C\C/C=C\C/C=C\CC. The summed E-state index contributed by atoms with van der Waals surface area (Å²) >= 11 is 0. The van der Waals surface area contributed by atoms with Crippen LogP contribution < -0.4 is 0 Å². The van der Waals surface area contributed by atoms with Gasteiger partial charge in [0.1, 0.15) is 19.3 Å². The third-order valence-corrected chi connectivity index (χ3v) is 19.4. The minimum Gasteiger partial charge on any atom is -0.462 e. The fourth-order valence-corrected chi connectivity index (χ4v) is 12.7. The normalized spacial score (nSPS) is 14.4. The summed E-state index contributed by atoms with van der Waals surface area (Å²) < 4.78 is 68.7. The Morgan fingerprint density at radius 2 is 0.491 bits per heavy atom. The van der Waals surface area contributed by atoms with Gasteiger partial charge in [-0.25, -0.2) is 9.13 Å². The predicted octanol–water partition coefficient (Wildman–Crippen LogP) is 24.7. The van der Waals surface area contributed by atoms with Gasteiger partial charge in [0.15, 0.2) is 12.2 Å². The van der Waals surface area contributed by atoms with Crippen molar-refractivity contribution in [1.82, 2.24) is 0 Å². The molecule has 5 unspecified atom stereocenters. The summed E-state index contributed by atoms with van der Waals surface area (Å²) in [4.78, 5) is 73.1. The molecule has 0 aromatic heterocycles. The molecule has 0 saturated carbocycles. The molecule has 0 saturated heterocycles. The lowest BCUT2D eigenvalue weighted by Gasteiger charge is -2.21. The summed E-state index contributed by atoms with van der Waals surface area (Å²) in [5.41, 5.74) is 0. The molecule has 0 bridgehead atoms. The molecular weight excluding hydrogens is 1380 g/mol. The number of esters is 4. The summed E-state index contributed by atoms with van der Waals surface area (Å²) in [6.45, 7) is 4.63. The van der Waals surface area contributed by atoms with E-state index < -0.39 is 97.5 Å². The standard InChI is InChI=1S/C87H150O17P2/c1-5-9-13-17-21-25-29-33-36-38-40-42-45-49-52-56-60-64-68-72-85(90)98-78-83(104-87(92)74-70-66-62-58-54-50-46-43-41-39-37-34-30-26-22-18-14-10-6-2)80-102-106(95,96)100-76-81(88)75-99-105(93,94)101-79-82(103-86(91)73-69-65-61-57-53-47-32-28-24-20-16-12-8-4)77-97-84(89)71-67-63-59-55-51-48-44-35-31-27-23-19-15-11-7-3/h9-10,13-14,21-22,25-26,33-34,36-37,40-43,49-50,52,54,81-83,88H,5-8,11-12,15-20,23-24,27-32,35,38-39,44-48,51,53,55-80H2,1-4H3,(H,93,94)(H,95,96)/b13-9-,14-10-,25-21-,26-22-,36-33-,37-34-,42-40-,43-41-,52-49-,54-50-. The zero-order valence-electron chi connectivity index (χ0n) is 66.8. The highest BCUT2D eigenvalue weighted by molar-refractivity contribution is 7.47. The van der Waals surface area contributed by atoms with Crippen LogP contribution in [0.1, 0.15) is 349 Å². The molecule has 0 aromatic rings. The minimum absolute atomic E-state index is 0.0459. The number of aliphatic hydroxyl groups is 1. The van der Waals surface area contributed by atoms with Gasteiger partial charge in [-0.15, -0.1) is 0 Å². The topological polar surface area (TPSA) is 237 Å². The first kappa shape index (κ1) is 101. The summed E-state index contributed by atoms with van der Waals surface area (Å²) in [7, 11) is -9.98. The summed E-state index contributed by atoms with van der Waals surface area (Å²) in [5.74, 6) is -2.23. The summed E-state index contributed by atoms with van der Waals surface area (Å²) in [5, 5.41) is 10.7. The predicted molar refractivity (Wildman–Crippen MR) is 436 cm³/mol. The highest BCUT2D eigenvalue weighted by Crippen LogP contribution is 2.45. The first-order valence-corrected chi connectivity index (χ1v) is 44.8. The van der Waals surface area contributed by atoms with E-state index in [4.69, 9.17) is 37.0 Å². The number of carbonyl (C=O) groups excluding carboxylic acids is 4. The lowest BCUT2D eigenvalue weighted by atomic mass is 10.0. The van der Waals surface area contributed by atoms with Gasteiger partial charge in [-0.2, -0.15) is 0 Å². The molecule has 0 aliphatic heterocycles. The first-order chi connectivity index (χ1) is 51.7. The Balaban J connectivity index is 5.42. The van der Waals surface area contributed by atoms with Crippen LogP contribution in [0.4, 0.5) is 0 Å². The van der Waals surface area contributed by atoms with E-state index in [0.717, 1.165) is 148 Å². The highest BCUT2D eigenvalue weighted by atomic mass is 31.2. The Morgan fingerprint density at radius 3 is 0.755 bits per heavy atom. The molecule has 0 aliphatic carbocycles. The van der Waals surface area contributed by atoms with Gasteiger partial charge in [0.05, 0.1) is 26.4 Å². The summed E-state index contributed by atoms with van der Waals surface area (Å²) in [6, 6.07) is 0. The van der Waals surface area contributed by atoms with Gasteiger partial charge >= 0.3 is 39.5 Å². The monoisotopic (exact) mass is 1530 g/mol. The van der Waals surface area contributed by atoms with Crippen molar-refractivity contribution in [3.05, 3.63) is 122 Å². The van der Waals surface area contributed by atoms with E-state index in [1.807, 2.05) is 0 Å². The first-order valence-electron chi connectivity index (χ1n) is 41.8. The maximum Gasteiger partial charge on any atom is 0.472 e. The lowest BCUT2D eigenvalue weighted by molar-refractivity contribution is -0.161. The molecule has 0 amide bonds. The molecule has 610 valence electrons. The Labute approximate surface area is 644 Å². The molecule has 17 nitrogen and oxygen atoms in total. The number of rotatable bonds is 78. The van der Waals surface area contributed by atoms with Crippen molar-refractivity contribution in [2.24, 2.45) is 0 Å². The van der Waals surface area contributed by atoms with Crippen LogP contribution in [0.5, 0.6) is 0 Å². The van der Waals surface area contributed by atoms with Gasteiger partial charge in [-0.3, -0.25) is 37.3 Å². The van der Waals surface area contributed by atoms with Gasteiger partial charge in [-0.05, 0) is 116 Å². The van der Waals surface area contributed by atoms with Crippen molar-refractivity contribution in [2.75, 3.05) is 39.6 Å². The van der Waals surface area contributed by atoms with Crippen LogP contribution in [-0.2, 0) is 65.4 Å². The number of phosphoric acid groups is 2. The van der Waals surface area contributed by atoms with Crippen molar-refractivity contribution in [3.63, 3.8) is 0 Å². The smallest absolute Gasteiger partial charge is 0.462 e. The van der Waals surface area contributed by atoms with Gasteiger partial charge in [0.25, 0.3) is 0 Å². The van der Waals surface area contributed by atoms with Crippen LogP contribution in [0, 0.1) is 0 Å². The average Bonchev–Trinajstić information content (AvgIpc) is 0.903. The molecule has 0 heterocycles. The third-order valence-electron chi connectivity index (χ3n) is 17.5. The maximum atomic E-state index is 13.1. The quantitative estimate of drug-likeness (QED) is 0.0169. The molecule has 0 fully saturated rings. The number of hydrogen-bond acceptors (Lipinski definition) is 15. The molecule has 0 rings (SSSR count). The van der Waals surface area contributed by atoms with E-state index in [0.29, 0.717) is 25.7 Å². The Kier molecular flexibility index (Phi) is 75.2. The molecular formula is C87H150O17P2. The van der Waals surface area contributed by atoms with Crippen LogP contribution in [0.25, 0.3) is 0 Å². The largest absolute Gasteiger partial charge is 0.472 e. The molecule has 3 N–H and O–H groups in total. The van der Waals surface area contributed by atoms with E-state index in [2.05, 4.69) is 149 Å². The minimum atomic E-state index is -5.00. The Morgan fingerprint density at radius 1 is 0.274 bits per heavy atom. The Hall–Kier alpha value is -4.54. The zero-order chi connectivity index (χ0) is 77.4. The molecule has 19 heteroatoms. The van der Waals surface area contributed by atoms with E-state index >= 15 is 0 Å². The number of allylic oxidation sites excluding steroid dienone is 20.